The third-order valence-electron chi connectivity index (χ3n) is 8.25. The lowest BCUT2D eigenvalue weighted by molar-refractivity contribution is 0.486. The normalized spacial score (nSPS) is 12.7. The van der Waals surface area contributed by atoms with Crippen LogP contribution in [0.2, 0.25) is 0 Å². The molecule has 41 heavy (non-hydrogen) atoms. The maximum Gasteiger partial charge on any atom is 0.743 e. The van der Waals surface area contributed by atoms with Gasteiger partial charge in [-0.2, -0.15) is 0 Å². The summed E-state index contributed by atoms with van der Waals surface area (Å²) in [4.78, 5) is 0. The summed E-state index contributed by atoms with van der Waals surface area (Å²) in [6.07, 6.45) is 0. The Hall–Kier alpha value is -5.42. The van der Waals surface area contributed by atoms with Gasteiger partial charge < -0.3 is 18.4 Å². The fraction of sp³-hybridized carbons (Fsp3) is 0. The van der Waals surface area contributed by atoms with E-state index in [4.69, 9.17) is 9.31 Å². The molecule has 0 saturated carbocycles. The molecule has 0 unspecified atom stereocenters. The van der Waals surface area contributed by atoms with E-state index in [-0.39, 0.29) is 0 Å². The predicted octanol–water partition coefficient (Wildman–Crippen LogP) is 8.86. The van der Waals surface area contributed by atoms with Crippen molar-refractivity contribution in [3.05, 3.63) is 140 Å². The van der Waals surface area contributed by atoms with Crippen molar-refractivity contribution in [3.8, 4) is 28.3 Å². The van der Waals surface area contributed by atoms with Crippen LogP contribution in [0.3, 0.4) is 0 Å². The third kappa shape index (κ3) is 3.29. The van der Waals surface area contributed by atoms with Gasteiger partial charge in [0.1, 0.15) is 11.5 Å². The number of rotatable bonds is 3. The van der Waals surface area contributed by atoms with Gasteiger partial charge in [0.2, 0.25) is 0 Å². The van der Waals surface area contributed by atoms with Crippen molar-refractivity contribution in [2.75, 3.05) is 0 Å². The third-order valence-corrected chi connectivity index (χ3v) is 8.25. The molecule has 0 saturated heterocycles. The minimum absolute atomic E-state index is 0.600. The lowest BCUT2D eigenvalue weighted by atomic mass is 10.1. The zero-order chi connectivity index (χ0) is 26.9. The van der Waals surface area contributed by atoms with Gasteiger partial charge in [-0.05, 0) is 59.7 Å². The Kier molecular flexibility index (Phi) is 4.67. The van der Waals surface area contributed by atoms with Crippen LogP contribution in [0.4, 0.5) is 0 Å². The molecule has 0 atom stereocenters. The number of hydrogen-bond acceptors (Lipinski definition) is 2. The van der Waals surface area contributed by atoms with E-state index >= 15 is 0 Å². The topological polar surface area (TPSA) is 28.3 Å². The highest BCUT2D eigenvalue weighted by atomic mass is 16.6. The number of para-hydroxylation sites is 3. The Bertz CT molecular complexity index is 2230. The second-order valence-electron chi connectivity index (χ2n) is 10.5. The van der Waals surface area contributed by atoms with Crippen molar-refractivity contribution >= 4 is 50.9 Å². The smallest absolute Gasteiger partial charge is 0.503 e. The molecular weight excluding hydrogens is 503 g/mol. The SMILES string of the molecule is c1ccc(-c2ccc3c(c2)OB(n2c4ccccc4c4cc(-n5c6ccccc6c6ccccc65)ccc42)O3)cc1. The minimum atomic E-state index is -0.600. The Labute approximate surface area is 236 Å². The molecule has 0 spiro atoms. The summed E-state index contributed by atoms with van der Waals surface area (Å²) in [5.74, 6) is 1.51. The van der Waals surface area contributed by atoms with E-state index in [1.54, 1.807) is 0 Å². The van der Waals surface area contributed by atoms with Crippen LogP contribution in [-0.4, -0.2) is 16.3 Å². The largest absolute Gasteiger partial charge is 0.743 e. The molecule has 1 aliphatic rings. The number of benzene rings is 6. The molecular formula is C36H23BN2O2. The quantitative estimate of drug-likeness (QED) is 0.215. The van der Waals surface area contributed by atoms with Crippen molar-refractivity contribution < 1.29 is 9.31 Å². The van der Waals surface area contributed by atoms with E-state index in [0.29, 0.717) is 0 Å². The molecule has 8 aromatic rings. The van der Waals surface area contributed by atoms with E-state index < -0.39 is 7.25 Å². The van der Waals surface area contributed by atoms with Gasteiger partial charge in [-0.3, -0.25) is 0 Å². The van der Waals surface area contributed by atoms with Gasteiger partial charge in [-0.15, -0.1) is 0 Å². The predicted molar refractivity (Wildman–Crippen MR) is 168 cm³/mol. The molecule has 5 heteroatoms. The molecule has 0 N–H and O–H groups in total. The highest BCUT2D eigenvalue weighted by Crippen LogP contribution is 2.40. The van der Waals surface area contributed by atoms with E-state index in [2.05, 4.69) is 136 Å². The molecule has 192 valence electrons. The standard InChI is InChI=1S/C36H23BN2O2/c1-2-10-24(11-3-1)25-18-21-35-36(22-25)41-37(40-35)39-33-17-9-6-14-29(33)30-23-26(19-20-34(30)39)38-31-15-7-4-12-27(31)28-13-5-8-16-32(28)38/h1-23H. The van der Waals surface area contributed by atoms with Gasteiger partial charge in [0.15, 0.2) is 0 Å². The molecule has 9 rings (SSSR count). The molecule has 2 aromatic heterocycles. The molecule has 0 bridgehead atoms. The van der Waals surface area contributed by atoms with Crippen LogP contribution < -0.4 is 9.31 Å². The Morgan fingerprint density at radius 3 is 1.73 bits per heavy atom. The summed E-state index contributed by atoms with van der Waals surface area (Å²) in [6.45, 7) is 0. The second-order valence-corrected chi connectivity index (χ2v) is 10.5. The summed E-state index contributed by atoms with van der Waals surface area (Å²) in [6, 6.07) is 48.9. The first kappa shape index (κ1) is 22.4. The van der Waals surface area contributed by atoms with E-state index in [1.165, 1.54) is 27.2 Å². The van der Waals surface area contributed by atoms with E-state index in [1.807, 2.05) is 12.1 Å². The zero-order valence-corrected chi connectivity index (χ0v) is 22.1. The lowest BCUT2D eigenvalue weighted by Crippen LogP contribution is -2.34. The average Bonchev–Trinajstić information content (AvgIpc) is 3.70. The van der Waals surface area contributed by atoms with Gasteiger partial charge in [0.05, 0.1) is 11.0 Å². The van der Waals surface area contributed by atoms with Crippen molar-refractivity contribution in [2.45, 2.75) is 0 Å². The van der Waals surface area contributed by atoms with Gasteiger partial charge in [-0.25, -0.2) is 0 Å². The van der Waals surface area contributed by atoms with Crippen LogP contribution in [0.5, 0.6) is 11.5 Å². The first-order valence-electron chi connectivity index (χ1n) is 13.9. The van der Waals surface area contributed by atoms with Crippen molar-refractivity contribution in [1.82, 2.24) is 9.05 Å². The van der Waals surface area contributed by atoms with Crippen LogP contribution in [0.15, 0.2) is 140 Å². The molecule has 0 radical (unpaired) electrons. The van der Waals surface area contributed by atoms with Crippen LogP contribution in [-0.2, 0) is 0 Å². The molecule has 6 aromatic carbocycles. The molecule has 0 aliphatic carbocycles. The van der Waals surface area contributed by atoms with Crippen molar-refractivity contribution in [1.29, 1.82) is 0 Å². The Balaban J connectivity index is 1.20. The van der Waals surface area contributed by atoms with E-state index in [0.717, 1.165) is 44.7 Å². The maximum absolute atomic E-state index is 6.48. The highest BCUT2D eigenvalue weighted by Gasteiger charge is 2.38. The molecule has 4 nitrogen and oxygen atoms in total. The Morgan fingerprint density at radius 2 is 1.00 bits per heavy atom. The fourth-order valence-electron chi connectivity index (χ4n) is 6.41. The lowest BCUT2D eigenvalue weighted by Gasteiger charge is -2.11. The van der Waals surface area contributed by atoms with Crippen LogP contribution in [0, 0.1) is 0 Å². The molecule has 0 fully saturated rings. The summed E-state index contributed by atoms with van der Waals surface area (Å²) < 4.78 is 17.4. The van der Waals surface area contributed by atoms with E-state index in [9.17, 15) is 0 Å². The van der Waals surface area contributed by atoms with Crippen LogP contribution in [0.1, 0.15) is 0 Å². The average molecular weight is 526 g/mol. The second kappa shape index (κ2) is 8.54. The number of nitrogens with zero attached hydrogens (tertiary/aromatic N) is 2. The van der Waals surface area contributed by atoms with Gasteiger partial charge in [0, 0.05) is 38.3 Å². The number of fused-ring (bicyclic) bond motifs is 7. The molecule has 0 amide bonds. The van der Waals surface area contributed by atoms with Gasteiger partial charge >= 0.3 is 7.25 Å². The number of hydrogen-bond donors (Lipinski definition) is 0. The summed E-state index contributed by atoms with van der Waals surface area (Å²) in [7, 11) is -0.600. The maximum atomic E-state index is 6.48. The van der Waals surface area contributed by atoms with Gasteiger partial charge in [0.25, 0.3) is 0 Å². The zero-order valence-electron chi connectivity index (χ0n) is 22.1. The first-order chi connectivity index (χ1) is 20.3. The minimum Gasteiger partial charge on any atom is -0.503 e. The Morgan fingerprint density at radius 1 is 0.415 bits per heavy atom. The summed E-state index contributed by atoms with van der Waals surface area (Å²) >= 11 is 0. The monoisotopic (exact) mass is 526 g/mol. The summed E-state index contributed by atoms with van der Waals surface area (Å²) in [5, 5.41) is 4.84. The first-order valence-corrected chi connectivity index (χ1v) is 13.9. The van der Waals surface area contributed by atoms with Crippen molar-refractivity contribution in [3.63, 3.8) is 0 Å². The number of aromatic nitrogens is 2. The van der Waals surface area contributed by atoms with Crippen molar-refractivity contribution in [2.24, 2.45) is 0 Å². The van der Waals surface area contributed by atoms with Crippen LogP contribution >= 0.6 is 0 Å². The summed E-state index contributed by atoms with van der Waals surface area (Å²) in [5.41, 5.74) is 7.91. The molecule has 3 heterocycles. The highest BCUT2D eigenvalue weighted by molar-refractivity contribution is 6.49. The fourth-order valence-corrected chi connectivity index (χ4v) is 6.41. The van der Waals surface area contributed by atoms with Gasteiger partial charge in [-0.1, -0.05) is 91.0 Å². The van der Waals surface area contributed by atoms with Crippen LogP contribution in [0.25, 0.3) is 60.4 Å². The molecule has 1 aliphatic heterocycles.